The highest BCUT2D eigenvalue weighted by molar-refractivity contribution is 6.32. The fraction of sp³-hybridized carbons (Fsp3) is 0.150. The number of hydrogen-bond acceptors (Lipinski definition) is 3. The van der Waals surface area contributed by atoms with Crippen LogP contribution in [0.25, 0.3) is 5.57 Å². The van der Waals surface area contributed by atoms with Crippen molar-refractivity contribution in [2.45, 2.75) is 13.8 Å². The van der Waals surface area contributed by atoms with Gasteiger partial charge in [-0.2, -0.15) is 0 Å². The second-order valence-electron chi connectivity index (χ2n) is 5.47. The van der Waals surface area contributed by atoms with Crippen LogP contribution in [0.1, 0.15) is 18.1 Å². The quantitative estimate of drug-likeness (QED) is 0.433. The van der Waals surface area contributed by atoms with Crippen LogP contribution in [0.15, 0.2) is 54.2 Å². The first-order valence-corrected chi connectivity index (χ1v) is 8.08. The third-order valence-corrected chi connectivity index (χ3v) is 4.02. The van der Waals surface area contributed by atoms with Crippen LogP contribution < -0.4 is 10.1 Å². The lowest BCUT2D eigenvalue weighted by molar-refractivity contribution is -0.104. The summed E-state index contributed by atoms with van der Waals surface area (Å²) in [5.41, 5.74) is 3.02. The zero-order valence-electron chi connectivity index (χ0n) is 14.3. The molecule has 0 aliphatic carbocycles. The van der Waals surface area contributed by atoms with Gasteiger partial charge in [0.15, 0.2) is 0 Å². The van der Waals surface area contributed by atoms with Crippen LogP contribution in [0.5, 0.6) is 11.5 Å². The van der Waals surface area contributed by atoms with Gasteiger partial charge in [0.2, 0.25) is 0 Å². The molecule has 0 bridgehead atoms. The molecule has 1 N–H and O–H groups in total. The largest absolute Gasteiger partial charge is 0.456 e. The summed E-state index contributed by atoms with van der Waals surface area (Å²) in [4.78, 5) is 10.9. The van der Waals surface area contributed by atoms with E-state index in [1.165, 1.54) is 6.08 Å². The minimum absolute atomic E-state index is 0.0433. The van der Waals surface area contributed by atoms with E-state index in [1.807, 2.05) is 32.2 Å². The van der Waals surface area contributed by atoms with E-state index in [9.17, 15) is 9.18 Å². The molecule has 25 heavy (non-hydrogen) atoms. The van der Waals surface area contributed by atoms with Gasteiger partial charge in [-0.15, -0.1) is 0 Å². The van der Waals surface area contributed by atoms with E-state index in [4.69, 9.17) is 16.3 Å². The molecule has 0 saturated carbocycles. The fourth-order valence-corrected chi connectivity index (χ4v) is 2.41. The Kier molecular flexibility index (Phi) is 6.37. The molecule has 0 fully saturated rings. The highest BCUT2D eigenvalue weighted by Gasteiger charge is 2.11. The number of hydrogen-bond donors (Lipinski definition) is 1. The Bertz CT molecular complexity index is 826. The van der Waals surface area contributed by atoms with E-state index < -0.39 is 5.82 Å². The molecular formula is C20H19ClFNO2. The molecule has 2 aromatic rings. The molecule has 0 heterocycles. The van der Waals surface area contributed by atoms with Crippen LogP contribution in [-0.2, 0) is 4.79 Å². The van der Waals surface area contributed by atoms with E-state index in [1.54, 1.807) is 31.2 Å². The number of carbonyl (C=O) groups is 1. The third-order valence-electron chi connectivity index (χ3n) is 3.67. The first-order chi connectivity index (χ1) is 12.0. The van der Waals surface area contributed by atoms with Crippen LogP contribution in [0, 0.1) is 12.7 Å². The van der Waals surface area contributed by atoms with Crippen molar-refractivity contribution in [2.75, 3.05) is 7.05 Å². The number of aldehydes is 1. The van der Waals surface area contributed by atoms with Gasteiger partial charge in [-0.3, -0.25) is 4.79 Å². The summed E-state index contributed by atoms with van der Waals surface area (Å²) in [6.45, 7) is 3.55. The average molecular weight is 360 g/mol. The van der Waals surface area contributed by atoms with E-state index in [2.05, 4.69) is 5.32 Å². The van der Waals surface area contributed by atoms with Crippen molar-refractivity contribution in [3.05, 3.63) is 76.2 Å². The zero-order chi connectivity index (χ0) is 18.4. The second kappa shape index (κ2) is 8.49. The van der Waals surface area contributed by atoms with Gasteiger partial charge in [-0.05, 0) is 60.9 Å². The molecule has 5 heteroatoms. The molecule has 2 aromatic carbocycles. The first-order valence-electron chi connectivity index (χ1n) is 7.70. The van der Waals surface area contributed by atoms with Crippen molar-refractivity contribution in [3.8, 4) is 11.5 Å². The van der Waals surface area contributed by atoms with Crippen LogP contribution in [0.2, 0.25) is 5.02 Å². The lowest BCUT2D eigenvalue weighted by Gasteiger charge is -2.10. The summed E-state index contributed by atoms with van der Waals surface area (Å²) in [7, 11) is 1.81. The number of allylic oxidation sites excluding steroid dienone is 4. The Morgan fingerprint density at radius 3 is 2.48 bits per heavy atom. The van der Waals surface area contributed by atoms with E-state index in [-0.39, 0.29) is 10.8 Å². The molecule has 0 saturated heterocycles. The van der Waals surface area contributed by atoms with Crippen molar-refractivity contribution in [2.24, 2.45) is 0 Å². The average Bonchev–Trinajstić information content (AvgIpc) is 2.62. The van der Waals surface area contributed by atoms with Gasteiger partial charge in [-0.1, -0.05) is 29.8 Å². The number of rotatable bonds is 6. The van der Waals surface area contributed by atoms with Crippen molar-refractivity contribution < 1.29 is 13.9 Å². The molecule has 0 amide bonds. The van der Waals surface area contributed by atoms with Gasteiger partial charge in [0.25, 0.3) is 0 Å². The Labute approximate surface area is 151 Å². The predicted molar refractivity (Wildman–Crippen MR) is 99.5 cm³/mol. The van der Waals surface area contributed by atoms with Crippen molar-refractivity contribution in [1.82, 2.24) is 5.32 Å². The fourth-order valence-electron chi connectivity index (χ4n) is 2.16. The zero-order valence-corrected chi connectivity index (χ0v) is 15.0. The second-order valence-corrected chi connectivity index (χ2v) is 5.85. The van der Waals surface area contributed by atoms with Crippen LogP contribution in [0.3, 0.4) is 0 Å². The normalized spacial score (nSPS) is 12.0. The first kappa shape index (κ1) is 18.7. The summed E-state index contributed by atoms with van der Waals surface area (Å²) in [6, 6.07) is 10.4. The van der Waals surface area contributed by atoms with Crippen LogP contribution in [0.4, 0.5) is 4.39 Å². The number of aryl methyl sites for hydroxylation is 1. The lowest BCUT2D eigenvalue weighted by Crippen LogP contribution is -2.01. The van der Waals surface area contributed by atoms with Crippen molar-refractivity contribution >= 4 is 23.5 Å². The Morgan fingerprint density at radius 2 is 1.88 bits per heavy atom. The summed E-state index contributed by atoms with van der Waals surface area (Å²) in [5, 5.41) is 2.97. The Hall–Kier alpha value is -2.59. The van der Waals surface area contributed by atoms with Gasteiger partial charge in [0.1, 0.15) is 28.6 Å². The number of nitrogens with one attached hydrogen (secondary N) is 1. The van der Waals surface area contributed by atoms with E-state index in [0.29, 0.717) is 11.3 Å². The topological polar surface area (TPSA) is 38.3 Å². The predicted octanol–water partition coefficient (Wildman–Crippen LogP) is 5.29. The number of halogens is 2. The molecule has 0 aromatic heterocycles. The summed E-state index contributed by atoms with van der Waals surface area (Å²) in [5.74, 6) is 0.292. The van der Waals surface area contributed by atoms with Gasteiger partial charge in [0.05, 0.1) is 0 Å². The SMILES string of the molecule is CNC(C)=C/C(=C\C=O)c1ccc(Oc2ccc(C)c(F)c2Cl)cc1. The standard InChI is InChI=1S/C20H19ClFNO2/c1-13-4-9-18(19(21)20(13)22)25-17-7-5-15(6-8-17)16(10-11-24)12-14(2)23-3/h4-12,23H,1-3H3/b14-12?,16-10+. The monoisotopic (exact) mass is 359 g/mol. The molecule has 0 aliphatic rings. The third kappa shape index (κ3) is 4.70. The van der Waals surface area contributed by atoms with E-state index in [0.717, 1.165) is 23.1 Å². The highest BCUT2D eigenvalue weighted by atomic mass is 35.5. The van der Waals surface area contributed by atoms with Crippen LogP contribution in [-0.4, -0.2) is 13.3 Å². The minimum atomic E-state index is -0.486. The molecular weight excluding hydrogens is 341 g/mol. The summed E-state index contributed by atoms with van der Waals surface area (Å²) < 4.78 is 19.5. The van der Waals surface area contributed by atoms with E-state index >= 15 is 0 Å². The van der Waals surface area contributed by atoms with Crippen molar-refractivity contribution in [1.29, 1.82) is 0 Å². The number of ether oxygens (including phenoxy) is 1. The minimum Gasteiger partial charge on any atom is -0.456 e. The van der Waals surface area contributed by atoms with Gasteiger partial charge in [0, 0.05) is 12.7 Å². The molecule has 0 atom stereocenters. The lowest BCUT2D eigenvalue weighted by atomic mass is 10.0. The van der Waals surface area contributed by atoms with Gasteiger partial charge >= 0.3 is 0 Å². The molecule has 0 unspecified atom stereocenters. The Morgan fingerprint density at radius 1 is 1.20 bits per heavy atom. The maximum atomic E-state index is 13.8. The maximum Gasteiger partial charge on any atom is 0.149 e. The highest BCUT2D eigenvalue weighted by Crippen LogP contribution is 2.33. The molecule has 0 spiro atoms. The summed E-state index contributed by atoms with van der Waals surface area (Å²) >= 11 is 5.98. The smallest absolute Gasteiger partial charge is 0.149 e. The molecule has 0 aliphatic heterocycles. The van der Waals surface area contributed by atoms with Crippen LogP contribution >= 0.6 is 11.6 Å². The molecule has 2 rings (SSSR count). The van der Waals surface area contributed by atoms with Gasteiger partial charge in [-0.25, -0.2) is 4.39 Å². The number of carbonyl (C=O) groups excluding carboxylic acids is 1. The van der Waals surface area contributed by atoms with Gasteiger partial charge < -0.3 is 10.1 Å². The number of benzene rings is 2. The molecule has 0 radical (unpaired) electrons. The molecule has 130 valence electrons. The molecule has 3 nitrogen and oxygen atoms in total. The van der Waals surface area contributed by atoms with Crippen molar-refractivity contribution in [3.63, 3.8) is 0 Å². The maximum absolute atomic E-state index is 13.8. The summed E-state index contributed by atoms with van der Waals surface area (Å²) in [6.07, 6.45) is 4.10. The Balaban J connectivity index is 2.26.